The molecule has 0 aliphatic heterocycles. The van der Waals surface area contributed by atoms with Crippen molar-refractivity contribution in [2.45, 2.75) is 85.0 Å². The lowest BCUT2D eigenvalue weighted by Gasteiger charge is -2.60. The van der Waals surface area contributed by atoms with Crippen molar-refractivity contribution in [1.29, 1.82) is 0 Å². The molecule has 0 bridgehead atoms. The number of hydrogen-bond donors (Lipinski definition) is 1. The van der Waals surface area contributed by atoms with Crippen molar-refractivity contribution in [3.8, 4) is 0 Å². The van der Waals surface area contributed by atoms with Crippen molar-refractivity contribution >= 4 is 11.8 Å². The van der Waals surface area contributed by atoms with Gasteiger partial charge in [-0.1, -0.05) is 33.6 Å². The van der Waals surface area contributed by atoms with E-state index in [9.17, 15) is 14.7 Å². The van der Waals surface area contributed by atoms with Crippen molar-refractivity contribution in [2.75, 3.05) is 0 Å². The van der Waals surface area contributed by atoms with E-state index in [-0.39, 0.29) is 23.7 Å². The van der Waals surface area contributed by atoms with Gasteiger partial charge in [-0.15, -0.1) is 0 Å². The molecule has 0 aromatic rings. The summed E-state index contributed by atoms with van der Waals surface area (Å²) in [5.41, 5.74) is 0.548. The molecule has 3 heteroatoms. The van der Waals surface area contributed by atoms with Crippen molar-refractivity contribution in [3.05, 3.63) is 0 Å². The number of fused-ring (bicyclic) bond motifs is 5. The topological polar surface area (TPSA) is 54.4 Å². The van der Waals surface area contributed by atoms with Gasteiger partial charge >= 0.3 is 5.97 Å². The molecule has 0 amide bonds. The molecule has 4 fully saturated rings. The highest BCUT2D eigenvalue weighted by Crippen LogP contribution is 2.67. The molecule has 26 heavy (non-hydrogen) atoms. The van der Waals surface area contributed by atoms with E-state index in [1.54, 1.807) is 0 Å². The Labute approximate surface area is 158 Å². The number of carbonyl (C=O) groups excluding carboxylic acids is 1. The van der Waals surface area contributed by atoms with E-state index < -0.39 is 5.97 Å². The van der Waals surface area contributed by atoms with E-state index in [0.29, 0.717) is 34.9 Å². The maximum Gasteiger partial charge on any atom is 0.303 e. The summed E-state index contributed by atoms with van der Waals surface area (Å²) in [6, 6.07) is 0. The predicted molar refractivity (Wildman–Crippen MR) is 102 cm³/mol. The average molecular weight is 361 g/mol. The summed E-state index contributed by atoms with van der Waals surface area (Å²) in [6.45, 7) is 7.02. The highest BCUT2D eigenvalue weighted by atomic mass is 16.4. The number of Topliss-reactive ketones (excluding diaryl/α,β-unsaturated/α-hetero) is 1. The number of hydrogen-bond acceptors (Lipinski definition) is 2. The number of aliphatic carboxylic acids is 1. The summed E-state index contributed by atoms with van der Waals surface area (Å²) >= 11 is 0. The monoisotopic (exact) mass is 360 g/mol. The molecule has 4 rings (SSSR count). The first-order valence-corrected chi connectivity index (χ1v) is 11.0. The normalized spacial score (nSPS) is 49.0. The van der Waals surface area contributed by atoms with Crippen LogP contribution in [0, 0.1) is 46.3 Å². The molecule has 146 valence electrons. The molecule has 3 nitrogen and oxygen atoms in total. The van der Waals surface area contributed by atoms with Crippen molar-refractivity contribution < 1.29 is 14.7 Å². The van der Waals surface area contributed by atoms with Gasteiger partial charge in [0.2, 0.25) is 0 Å². The Kier molecular flexibility index (Phi) is 4.51. The predicted octanol–water partition coefficient (Wildman–Crippen LogP) is 5.33. The summed E-state index contributed by atoms with van der Waals surface area (Å²) in [5, 5.41) is 9.26. The molecule has 4 aliphatic carbocycles. The van der Waals surface area contributed by atoms with Gasteiger partial charge in [-0.25, -0.2) is 0 Å². The zero-order valence-electron chi connectivity index (χ0n) is 16.8. The Bertz CT molecular complexity index is 598. The lowest BCUT2D eigenvalue weighted by Crippen LogP contribution is -2.56. The second-order valence-corrected chi connectivity index (χ2v) is 10.7. The van der Waals surface area contributed by atoms with Gasteiger partial charge in [0.25, 0.3) is 0 Å². The van der Waals surface area contributed by atoms with Crippen LogP contribution in [-0.4, -0.2) is 16.9 Å². The van der Waals surface area contributed by atoms with Gasteiger partial charge < -0.3 is 5.11 Å². The number of ketones is 1. The van der Waals surface area contributed by atoms with Gasteiger partial charge in [-0.2, -0.15) is 0 Å². The van der Waals surface area contributed by atoms with Crippen LogP contribution in [0.3, 0.4) is 0 Å². The van der Waals surface area contributed by atoms with Gasteiger partial charge in [0.05, 0.1) is 0 Å². The van der Waals surface area contributed by atoms with Crippen LogP contribution in [0.4, 0.5) is 0 Å². The molecule has 8 atom stereocenters. The standard InChI is InChI=1S/C23H36O3/c1-14(12-20(25)26)16-7-8-17-21-18(9-11-23(16,17)3)22(2)10-5-4-6-15(22)13-19(21)24/h14-18,21H,4-13H2,1-3H3,(H,25,26)/t14-,15+,16-,17+,18+,21+,22+,23-/m1/s1. The second-order valence-electron chi connectivity index (χ2n) is 10.7. The van der Waals surface area contributed by atoms with Crippen LogP contribution in [0.25, 0.3) is 0 Å². The number of carboxylic acid groups (broad SMARTS) is 1. The molecule has 0 heterocycles. The Balaban J connectivity index is 1.62. The third kappa shape index (κ3) is 2.59. The SMILES string of the molecule is C[C@H](CC(=O)O)[C@H]1CC[C@H]2[C@@H]3C(=O)C[C@@H]4CCCC[C@]4(C)[C@H]3CC[C@]12C. The minimum atomic E-state index is -0.676. The van der Waals surface area contributed by atoms with Crippen LogP contribution in [0.15, 0.2) is 0 Å². The Morgan fingerprint density at radius 1 is 1.08 bits per heavy atom. The highest BCUT2D eigenvalue weighted by Gasteiger charge is 2.62. The van der Waals surface area contributed by atoms with Crippen LogP contribution in [0.5, 0.6) is 0 Å². The van der Waals surface area contributed by atoms with Gasteiger partial charge in [-0.05, 0) is 78.9 Å². The number of rotatable bonds is 3. The van der Waals surface area contributed by atoms with Crippen LogP contribution in [-0.2, 0) is 9.59 Å². The Hall–Kier alpha value is -0.860. The second kappa shape index (κ2) is 6.34. The number of carboxylic acids is 1. The van der Waals surface area contributed by atoms with Crippen molar-refractivity contribution in [2.24, 2.45) is 46.3 Å². The smallest absolute Gasteiger partial charge is 0.303 e. The first kappa shape index (κ1) is 18.5. The first-order valence-electron chi connectivity index (χ1n) is 11.0. The fraction of sp³-hybridized carbons (Fsp3) is 0.913. The quantitative estimate of drug-likeness (QED) is 0.740. The zero-order chi connectivity index (χ0) is 18.7. The van der Waals surface area contributed by atoms with Crippen molar-refractivity contribution in [1.82, 2.24) is 0 Å². The van der Waals surface area contributed by atoms with Crippen LogP contribution >= 0.6 is 0 Å². The van der Waals surface area contributed by atoms with Gasteiger partial charge in [0.1, 0.15) is 5.78 Å². The molecular formula is C23H36O3. The summed E-state index contributed by atoms with van der Waals surface area (Å²) in [7, 11) is 0. The maximum absolute atomic E-state index is 13.3. The minimum absolute atomic E-state index is 0.170. The van der Waals surface area contributed by atoms with Gasteiger partial charge in [-0.3, -0.25) is 9.59 Å². The van der Waals surface area contributed by atoms with Crippen LogP contribution in [0.2, 0.25) is 0 Å². The molecule has 4 saturated carbocycles. The summed E-state index contributed by atoms with van der Waals surface area (Å²) < 4.78 is 0. The van der Waals surface area contributed by atoms with Crippen LogP contribution in [0.1, 0.15) is 85.0 Å². The number of carbonyl (C=O) groups is 2. The first-order chi connectivity index (χ1) is 12.3. The Morgan fingerprint density at radius 2 is 1.81 bits per heavy atom. The maximum atomic E-state index is 13.3. The molecule has 0 aromatic heterocycles. The summed E-state index contributed by atoms with van der Waals surface area (Å²) in [6.07, 6.45) is 10.9. The summed E-state index contributed by atoms with van der Waals surface area (Å²) in [5.74, 6) is 2.53. The molecule has 4 aliphatic rings. The van der Waals surface area contributed by atoms with Crippen LogP contribution < -0.4 is 0 Å². The molecule has 0 saturated heterocycles. The lowest BCUT2D eigenvalue weighted by atomic mass is 9.44. The molecule has 0 radical (unpaired) electrons. The fourth-order valence-corrected chi connectivity index (χ4v) is 8.35. The zero-order valence-corrected chi connectivity index (χ0v) is 16.8. The largest absolute Gasteiger partial charge is 0.481 e. The third-order valence-electron chi connectivity index (χ3n) is 9.64. The molecular weight excluding hydrogens is 324 g/mol. The fourth-order valence-electron chi connectivity index (χ4n) is 8.35. The molecule has 1 N–H and O–H groups in total. The highest BCUT2D eigenvalue weighted by molar-refractivity contribution is 5.83. The van der Waals surface area contributed by atoms with E-state index in [4.69, 9.17) is 0 Å². The summed E-state index contributed by atoms with van der Waals surface area (Å²) in [4.78, 5) is 24.5. The molecule has 0 aromatic carbocycles. The third-order valence-corrected chi connectivity index (χ3v) is 9.64. The minimum Gasteiger partial charge on any atom is -0.481 e. The van der Waals surface area contributed by atoms with Gasteiger partial charge in [0, 0.05) is 18.8 Å². The van der Waals surface area contributed by atoms with E-state index in [1.807, 2.05) is 0 Å². The van der Waals surface area contributed by atoms with E-state index in [1.165, 1.54) is 38.5 Å². The van der Waals surface area contributed by atoms with E-state index in [0.717, 1.165) is 19.3 Å². The molecule has 0 unspecified atom stereocenters. The molecule has 0 spiro atoms. The van der Waals surface area contributed by atoms with E-state index >= 15 is 0 Å². The van der Waals surface area contributed by atoms with E-state index in [2.05, 4.69) is 20.8 Å². The lowest BCUT2D eigenvalue weighted by molar-refractivity contribution is -0.157. The van der Waals surface area contributed by atoms with Crippen molar-refractivity contribution in [3.63, 3.8) is 0 Å². The van der Waals surface area contributed by atoms with Gasteiger partial charge in [0.15, 0.2) is 0 Å². The average Bonchev–Trinajstić information content (AvgIpc) is 2.92. The Morgan fingerprint density at radius 3 is 2.54 bits per heavy atom.